The number of ether oxygens (including phenoxy) is 1. The minimum absolute atomic E-state index is 0.0153. The van der Waals surface area contributed by atoms with E-state index in [1.54, 1.807) is 0 Å². The zero-order valence-electron chi connectivity index (χ0n) is 11.8. The lowest BCUT2D eigenvalue weighted by molar-refractivity contribution is -0.148. The standard InChI is InChI=1S/C17H17NO3/c1-11-8-15(11)17(20)21-10-16(19)18-14-7-6-12-4-2-3-5-13(12)9-14/h2-7,9,11,15H,8,10H2,1H3,(H,18,19)/t11-,15-/m1/s1. The van der Waals surface area contributed by atoms with Crippen LogP contribution in [0.15, 0.2) is 42.5 Å². The van der Waals surface area contributed by atoms with Crippen molar-refractivity contribution >= 4 is 28.3 Å². The second-order valence-corrected chi connectivity index (χ2v) is 5.54. The summed E-state index contributed by atoms with van der Waals surface area (Å²) in [5.41, 5.74) is 0.703. The van der Waals surface area contributed by atoms with E-state index in [9.17, 15) is 9.59 Å². The predicted octanol–water partition coefficient (Wildman–Crippen LogP) is 2.98. The summed E-state index contributed by atoms with van der Waals surface area (Å²) in [5, 5.41) is 4.91. The van der Waals surface area contributed by atoms with Gasteiger partial charge in [0.15, 0.2) is 6.61 Å². The van der Waals surface area contributed by atoms with Gasteiger partial charge in [-0.05, 0) is 35.2 Å². The van der Waals surface area contributed by atoms with Gasteiger partial charge in [-0.3, -0.25) is 9.59 Å². The fraction of sp³-hybridized carbons (Fsp3) is 0.294. The highest BCUT2D eigenvalue weighted by Gasteiger charge is 2.40. The van der Waals surface area contributed by atoms with E-state index in [0.717, 1.165) is 17.2 Å². The minimum atomic E-state index is -0.313. The molecule has 0 radical (unpaired) electrons. The van der Waals surface area contributed by atoms with E-state index in [0.29, 0.717) is 11.6 Å². The molecule has 1 saturated carbocycles. The molecule has 1 fully saturated rings. The molecule has 0 unspecified atom stereocenters. The molecule has 1 amide bonds. The molecule has 3 rings (SSSR count). The van der Waals surface area contributed by atoms with Crippen molar-refractivity contribution in [3.05, 3.63) is 42.5 Å². The predicted molar refractivity (Wildman–Crippen MR) is 80.8 cm³/mol. The van der Waals surface area contributed by atoms with Gasteiger partial charge in [-0.2, -0.15) is 0 Å². The average molecular weight is 283 g/mol. The number of benzene rings is 2. The number of esters is 1. The average Bonchev–Trinajstić information content (AvgIpc) is 3.22. The maximum Gasteiger partial charge on any atom is 0.309 e. The Kier molecular flexibility index (Phi) is 3.60. The van der Waals surface area contributed by atoms with Crippen LogP contribution in [-0.4, -0.2) is 18.5 Å². The van der Waals surface area contributed by atoms with Crippen molar-refractivity contribution in [2.45, 2.75) is 13.3 Å². The van der Waals surface area contributed by atoms with Gasteiger partial charge in [0.1, 0.15) is 0 Å². The van der Waals surface area contributed by atoms with Gasteiger partial charge in [-0.25, -0.2) is 0 Å². The normalized spacial score (nSPS) is 20.0. The maximum absolute atomic E-state index is 11.8. The lowest BCUT2D eigenvalue weighted by atomic mass is 10.1. The first-order chi connectivity index (χ1) is 10.1. The van der Waals surface area contributed by atoms with Crippen LogP contribution < -0.4 is 5.32 Å². The van der Waals surface area contributed by atoms with Crippen LogP contribution in [-0.2, 0) is 14.3 Å². The Morgan fingerprint density at radius 3 is 2.62 bits per heavy atom. The summed E-state index contributed by atoms with van der Waals surface area (Å²) in [5.74, 6) is -0.206. The van der Waals surface area contributed by atoms with Crippen LogP contribution in [0.3, 0.4) is 0 Å². The van der Waals surface area contributed by atoms with Crippen LogP contribution in [0, 0.1) is 11.8 Å². The Morgan fingerprint density at radius 1 is 1.19 bits per heavy atom. The first kappa shape index (κ1) is 13.6. The largest absolute Gasteiger partial charge is 0.455 e. The van der Waals surface area contributed by atoms with E-state index in [2.05, 4.69) is 5.32 Å². The van der Waals surface area contributed by atoms with Crippen LogP contribution in [0.4, 0.5) is 5.69 Å². The molecule has 4 nitrogen and oxygen atoms in total. The Hall–Kier alpha value is -2.36. The van der Waals surface area contributed by atoms with Crippen molar-refractivity contribution in [3.8, 4) is 0 Å². The van der Waals surface area contributed by atoms with E-state index < -0.39 is 0 Å². The van der Waals surface area contributed by atoms with E-state index >= 15 is 0 Å². The third-order valence-electron chi connectivity index (χ3n) is 3.79. The van der Waals surface area contributed by atoms with Gasteiger partial charge < -0.3 is 10.1 Å². The molecule has 0 spiro atoms. The molecule has 2 aromatic carbocycles. The molecule has 108 valence electrons. The summed E-state index contributed by atoms with van der Waals surface area (Å²) in [7, 11) is 0. The van der Waals surface area contributed by atoms with Crippen molar-refractivity contribution in [2.24, 2.45) is 11.8 Å². The monoisotopic (exact) mass is 283 g/mol. The summed E-state index contributed by atoms with van der Waals surface area (Å²) in [6.45, 7) is 1.77. The zero-order valence-corrected chi connectivity index (χ0v) is 11.8. The third-order valence-corrected chi connectivity index (χ3v) is 3.79. The molecule has 21 heavy (non-hydrogen) atoms. The topological polar surface area (TPSA) is 55.4 Å². The fourth-order valence-electron chi connectivity index (χ4n) is 2.36. The van der Waals surface area contributed by atoms with Gasteiger partial charge in [-0.15, -0.1) is 0 Å². The number of rotatable bonds is 4. The van der Waals surface area contributed by atoms with E-state index in [-0.39, 0.29) is 24.4 Å². The number of fused-ring (bicyclic) bond motifs is 1. The Bertz CT molecular complexity index is 695. The van der Waals surface area contributed by atoms with Crippen LogP contribution in [0.25, 0.3) is 10.8 Å². The van der Waals surface area contributed by atoms with Crippen molar-refractivity contribution < 1.29 is 14.3 Å². The molecule has 1 aliphatic rings. The molecule has 0 aliphatic heterocycles. The molecule has 0 aromatic heterocycles. The summed E-state index contributed by atoms with van der Waals surface area (Å²) >= 11 is 0. The van der Waals surface area contributed by atoms with Gasteiger partial charge in [0, 0.05) is 5.69 Å². The lowest BCUT2D eigenvalue weighted by Gasteiger charge is -2.07. The summed E-state index contributed by atoms with van der Waals surface area (Å²) < 4.78 is 5.01. The molecule has 1 aliphatic carbocycles. The second-order valence-electron chi connectivity index (χ2n) is 5.54. The molecule has 0 heterocycles. The molecule has 1 N–H and O–H groups in total. The Morgan fingerprint density at radius 2 is 1.90 bits per heavy atom. The summed E-state index contributed by atoms with van der Waals surface area (Å²) in [4.78, 5) is 23.3. The van der Waals surface area contributed by atoms with Crippen molar-refractivity contribution in [2.75, 3.05) is 11.9 Å². The van der Waals surface area contributed by atoms with Gasteiger partial charge in [-0.1, -0.05) is 37.3 Å². The van der Waals surface area contributed by atoms with E-state index in [1.165, 1.54) is 0 Å². The summed E-state index contributed by atoms with van der Waals surface area (Å²) in [6, 6.07) is 13.6. The van der Waals surface area contributed by atoms with Crippen LogP contribution in [0.2, 0.25) is 0 Å². The third kappa shape index (κ3) is 3.21. The van der Waals surface area contributed by atoms with E-state index in [1.807, 2.05) is 49.4 Å². The SMILES string of the molecule is C[C@@H]1C[C@H]1C(=O)OCC(=O)Nc1ccc2ccccc2c1. The number of anilines is 1. The number of hydrogen-bond donors (Lipinski definition) is 1. The molecule has 0 saturated heterocycles. The van der Waals surface area contributed by atoms with E-state index in [4.69, 9.17) is 4.74 Å². The number of hydrogen-bond acceptors (Lipinski definition) is 3. The smallest absolute Gasteiger partial charge is 0.309 e. The molecule has 0 bridgehead atoms. The number of carbonyl (C=O) groups is 2. The highest BCUT2D eigenvalue weighted by Crippen LogP contribution is 2.38. The maximum atomic E-state index is 11.8. The van der Waals surface area contributed by atoms with Gasteiger partial charge >= 0.3 is 5.97 Å². The van der Waals surface area contributed by atoms with Crippen molar-refractivity contribution in [3.63, 3.8) is 0 Å². The van der Waals surface area contributed by atoms with Crippen LogP contribution in [0.1, 0.15) is 13.3 Å². The highest BCUT2D eigenvalue weighted by atomic mass is 16.5. The number of nitrogens with one attached hydrogen (secondary N) is 1. The van der Waals surface area contributed by atoms with Gasteiger partial charge in [0.25, 0.3) is 5.91 Å². The van der Waals surface area contributed by atoms with Crippen LogP contribution in [0.5, 0.6) is 0 Å². The first-order valence-electron chi connectivity index (χ1n) is 7.09. The van der Waals surface area contributed by atoms with Crippen molar-refractivity contribution in [1.29, 1.82) is 0 Å². The van der Waals surface area contributed by atoms with Gasteiger partial charge in [0.05, 0.1) is 5.92 Å². The molecule has 2 aromatic rings. The van der Waals surface area contributed by atoms with Gasteiger partial charge in [0.2, 0.25) is 0 Å². The minimum Gasteiger partial charge on any atom is -0.455 e. The second kappa shape index (κ2) is 5.56. The quantitative estimate of drug-likeness (QED) is 0.878. The molecule has 4 heteroatoms. The van der Waals surface area contributed by atoms with Crippen LogP contribution >= 0.6 is 0 Å². The molecule has 2 atom stereocenters. The highest BCUT2D eigenvalue weighted by molar-refractivity contribution is 5.95. The zero-order chi connectivity index (χ0) is 14.8. The molecular weight excluding hydrogens is 266 g/mol. The Labute approximate surface area is 123 Å². The first-order valence-corrected chi connectivity index (χ1v) is 7.09. The number of carbonyl (C=O) groups excluding carboxylic acids is 2. The molecular formula is C17H17NO3. The number of amides is 1. The van der Waals surface area contributed by atoms with Crippen molar-refractivity contribution in [1.82, 2.24) is 0 Å². The summed E-state index contributed by atoms with van der Waals surface area (Å²) in [6.07, 6.45) is 0.866. The Balaban J connectivity index is 1.57. The lowest BCUT2D eigenvalue weighted by Crippen LogP contribution is -2.21. The fourth-order valence-corrected chi connectivity index (χ4v) is 2.36.